The SMILES string of the molecule is CCCCCOC(COOCC(C)(C)C)C(C)(C)OCCCCC. The zero-order valence-electron chi connectivity index (χ0n) is 17.3. The van der Waals surface area contributed by atoms with Crippen molar-refractivity contribution >= 4 is 0 Å². The quantitative estimate of drug-likeness (QED) is 0.221. The molecule has 1 atom stereocenters. The molecule has 0 N–H and O–H groups in total. The molecular weight excluding hydrogens is 304 g/mol. The number of hydrogen-bond donors (Lipinski definition) is 0. The lowest BCUT2D eigenvalue weighted by Crippen LogP contribution is -2.44. The first-order valence-corrected chi connectivity index (χ1v) is 9.73. The molecule has 0 amide bonds. The summed E-state index contributed by atoms with van der Waals surface area (Å²) in [5, 5.41) is 0. The highest BCUT2D eigenvalue weighted by Gasteiger charge is 2.32. The zero-order chi connectivity index (χ0) is 18.5. The number of ether oxygens (including phenoxy) is 2. The highest BCUT2D eigenvalue weighted by atomic mass is 17.2. The molecule has 0 aliphatic carbocycles. The fraction of sp³-hybridized carbons (Fsp3) is 1.00. The van der Waals surface area contributed by atoms with E-state index in [1.54, 1.807) is 0 Å². The van der Waals surface area contributed by atoms with E-state index in [0.29, 0.717) is 13.2 Å². The maximum Gasteiger partial charge on any atom is 0.112 e. The highest BCUT2D eigenvalue weighted by Crippen LogP contribution is 2.21. The average molecular weight is 347 g/mol. The van der Waals surface area contributed by atoms with E-state index in [-0.39, 0.29) is 17.1 Å². The Balaban J connectivity index is 4.36. The van der Waals surface area contributed by atoms with Crippen molar-refractivity contribution in [1.82, 2.24) is 0 Å². The maximum absolute atomic E-state index is 6.09. The summed E-state index contributed by atoms with van der Waals surface area (Å²) in [4.78, 5) is 10.8. The van der Waals surface area contributed by atoms with Gasteiger partial charge in [-0.1, -0.05) is 60.3 Å². The van der Waals surface area contributed by atoms with Crippen LogP contribution in [0.25, 0.3) is 0 Å². The summed E-state index contributed by atoms with van der Waals surface area (Å²) in [6.45, 7) is 17.4. The molecule has 0 spiro atoms. The zero-order valence-corrected chi connectivity index (χ0v) is 17.3. The van der Waals surface area contributed by atoms with E-state index in [2.05, 4.69) is 48.5 Å². The molecular formula is C20H42O4. The molecule has 0 aliphatic heterocycles. The Hall–Kier alpha value is -0.160. The van der Waals surface area contributed by atoms with E-state index in [4.69, 9.17) is 19.2 Å². The van der Waals surface area contributed by atoms with Gasteiger partial charge >= 0.3 is 0 Å². The molecule has 0 saturated heterocycles. The molecule has 0 aromatic heterocycles. The summed E-state index contributed by atoms with van der Waals surface area (Å²) >= 11 is 0. The third-order valence-electron chi connectivity index (χ3n) is 3.86. The predicted molar refractivity (Wildman–Crippen MR) is 100 cm³/mol. The minimum atomic E-state index is -0.384. The molecule has 0 aromatic carbocycles. The second-order valence-electron chi connectivity index (χ2n) is 8.33. The van der Waals surface area contributed by atoms with E-state index >= 15 is 0 Å². The van der Waals surface area contributed by atoms with Gasteiger partial charge < -0.3 is 9.47 Å². The van der Waals surface area contributed by atoms with Gasteiger partial charge in [0, 0.05) is 13.2 Å². The van der Waals surface area contributed by atoms with Crippen LogP contribution in [0, 0.1) is 5.41 Å². The summed E-state index contributed by atoms with van der Waals surface area (Å²) in [6, 6.07) is 0. The third-order valence-corrected chi connectivity index (χ3v) is 3.86. The van der Waals surface area contributed by atoms with Gasteiger partial charge in [-0.05, 0) is 32.1 Å². The Morgan fingerprint density at radius 3 is 1.88 bits per heavy atom. The van der Waals surface area contributed by atoms with E-state index in [1.807, 2.05) is 0 Å². The smallest absolute Gasteiger partial charge is 0.112 e. The minimum Gasteiger partial charge on any atom is -0.373 e. The van der Waals surface area contributed by atoms with Crippen LogP contribution in [0.5, 0.6) is 0 Å². The van der Waals surface area contributed by atoms with Crippen LogP contribution < -0.4 is 0 Å². The average Bonchev–Trinajstić information content (AvgIpc) is 2.48. The van der Waals surface area contributed by atoms with Crippen LogP contribution in [0.3, 0.4) is 0 Å². The molecule has 0 radical (unpaired) electrons. The van der Waals surface area contributed by atoms with Crippen molar-refractivity contribution in [2.75, 3.05) is 26.4 Å². The summed E-state index contributed by atoms with van der Waals surface area (Å²) in [5.41, 5.74) is -0.297. The lowest BCUT2D eigenvalue weighted by atomic mass is 9.99. The molecule has 0 heterocycles. The van der Waals surface area contributed by atoms with Gasteiger partial charge in [-0.2, -0.15) is 0 Å². The monoisotopic (exact) mass is 346 g/mol. The van der Waals surface area contributed by atoms with E-state index in [9.17, 15) is 0 Å². The molecule has 0 rings (SSSR count). The van der Waals surface area contributed by atoms with Crippen molar-refractivity contribution in [3.63, 3.8) is 0 Å². The van der Waals surface area contributed by atoms with Gasteiger partial charge in [-0.25, -0.2) is 9.78 Å². The van der Waals surface area contributed by atoms with Crippen LogP contribution in [0.1, 0.15) is 87.0 Å². The van der Waals surface area contributed by atoms with Crippen LogP contribution in [0.4, 0.5) is 0 Å². The molecule has 4 heteroatoms. The fourth-order valence-corrected chi connectivity index (χ4v) is 2.14. The molecule has 0 saturated carbocycles. The maximum atomic E-state index is 6.09. The van der Waals surface area contributed by atoms with Gasteiger partial charge in [-0.3, -0.25) is 0 Å². The molecule has 146 valence electrons. The fourth-order valence-electron chi connectivity index (χ4n) is 2.14. The van der Waals surface area contributed by atoms with Crippen LogP contribution in [0.15, 0.2) is 0 Å². The first-order chi connectivity index (χ1) is 11.2. The second-order valence-corrected chi connectivity index (χ2v) is 8.33. The highest BCUT2D eigenvalue weighted by molar-refractivity contribution is 4.80. The third kappa shape index (κ3) is 13.2. The lowest BCUT2D eigenvalue weighted by molar-refractivity contribution is -0.327. The molecule has 24 heavy (non-hydrogen) atoms. The van der Waals surface area contributed by atoms with Gasteiger partial charge in [0.2, 0.25) is 0 Å². The van der Waals surface area contributed by atoms with Gasteiger partial charge in [-0.15, -0.1) is 0 Å². The molecule has 1 unspecified atom stereocenters. The van der Waals surface area contributed by atoms with E-state index < -0.39 is 0 Å². The second kappa shape index (κ2) is 13.1. The summed E-state index contributed by atoms with van der Waals surface area (Å²) in [6.07, 6.45) is 6.80. The van der Waals surface area contributed by atoms with Crippen molar-refractivity contribution in [3.8, 4) is 0 Å². The van der Waals surface area contributed by atoms with Gasteiger partial charge in [0.25, 0.3) is 0 Å². The minimum absolute atomic E-state index is 0.0870. The molecule has 4 nitrogen and oxygen atoms in total. The summed E-state index contributed by atoms with van der Waals surface area (Å²) < 4.78 is 12.2. The van der Waals surface area contributed by atoms with Crippen molar-refractivity contribution in [3.05, 3.63) is 0 Å². The molecule has 0 aliphatic rings. The predicted octanol–water partition coefficient (Wildman–Crippen LogP) is 5.54. The van der Waals surface area contributed by atoms with E-state index in [1.165, 1.54) is 25.7 Å². The van der Waals surface area contributed by atoms with Crippen molar-refractivity contribution in [1.29, 1.82) is 0 Å². The van der Waals surface area contributed by atoms with Crippen LogP contribution in [-0.2, 0) is 19.2 Å². The normalized spacial score (nSPS) is 14.1. The molecule has 0 fully saturated rings. The van der Waals surface area contributed by atoms with Gasteiger partial charge in [0.05, 0.1) is 12.2 Å². The van der Waals surface area contributed by atoms with Crippen LogP contribution >= 0.6 is 0 Å². The van der Waals surface area contributed by atoms with Crippen LogP contribution in [0.2, 0.25) is 0 Å². The van der Waals surface area contributed by atoms with Crippen LogP contribution in [-0.4, -0.2) is 38.1 Å². The Kier molecular flexibility index (Phi) is 13.0. The number of rotatable bonds is 15. The van der Waals surface area contributed by atoms with Crippen molar-refractivity contribution in [2.45, 2.75) is 98.7 Å². The Morgan fingerprint density at radius 2 is 1.33 bits per heavy atom. The van der Waals surface area contributed by atoms with Crippen molar-refractivity contribution in [2.24, 2.45) is 5.41 Å². The van der Waals surface area contributed by atoms with Gasteiger partial charge in [0.15, 0.2) is 0 Å². The molecule has 0 bridgehead atoms. The first-order valence-electron chi connectivity index (χ1n) is 9.73. The van der Waals surface area contributed by atoms with E-state index in [0.717, 1.165) is 26.1 Å². The Bertz CT molecular complexity index is 284. The summed E-state index contributed by atoms with van der Waals surface area (Å²) in [5.74, 6) is 0. The topological polar surface area (TPSA) is 36.9 Å². The summed E-state index contributed by atoms with van der Waals surface area (Å²) in [7, 11) is 0. The standard InChI is InChI=1S/C20H42O4/c1-8-10-12-14-21-18(16-23-24-17-19(3,4)5)20(6,7)22-15-13-11-9-2/h18H,8-17H2,1-7H3. The van der Waals surface area contributed by atoms with Gasteiger partial charge in [0.1, 0.15) is 12.7 Å². The Labute approximate surface area is 150 Å². The van der Waals surface area contributed by atoms with Crippen molar-refractivity contribution < 1.29 is 19.2 Å². The largest absolute Gasteiger partial charge is 0.373 e. The molecule has 0 aromatic rings. The Morgan fingerprint density at radius 1 is 0.750 bits per heavy atom. The number of unbranched alkanes of at least 4 members (excludes halogenated alkanes) is 4. The lowest BCUT2D eigenvalue weighted by Gasteiger charge is -2.34. The number of hydrogen-bond acceptors (Lipinski definition) is 4. The first kappa shape index (κ1) is 23.8.